The largest absolute Gasteiger partial charge is 0.385 e. The molecule has 4 N–H and O–H groups in total. The van der Waals surface area contributed by atoms with E-state index in [0.29, 0.717) is 18.0 Å². The van der Waals surface area contributed by atoms with Gasteiger partial charge in [-0.3, -0.25) is 0 Å². The van der Waals surface area contributed by atoms with Gasteiger partial charge in [-0.05, 0) is 25.0 Å². The lowest BCUT2D eigenvalue weighted by molar-refractivity contribution is 0.151. The number of aromatic nitrogens is 2. The third-order valence-electron chi connectivity index (χ3n) is 4.50. The highest BCUT2D eigenvalue weighted by atomic mass is 19.3. The number of alkyl halides is 2. The van der Waals surface area contributed by atoms with Crippen LogP contribution in [0.4, 0.5) is 31.9 Å². The number of halogens is 2. The van der Waals surface area contributed by atoms with Crippen molar-refractivity contribution in [2.45, 2.75) is 45.3 Å². The quantitative estimate of drug-likeness (QED) is 0.345. The van der Waals surface area contributed by atoms with Crippen LogP contribution in [0, 0.1) is 5.41 Å². The molecule has 1 heterocycles. The van der Waals surface area contributed by atoms with Gasteiger partial charge in [-0.2, -0.15) is 4.98 Å². The molecule has 0 aliphatic heterocycles. The van der Waals surface area contributed by atoms with E-state index in [1.54, 1.807) is 0 Å². The molecule has 1 aromatic heterocycles. The molecule has 1 aromatic carbocycles. The summed E-state index contributed by atoms with van der Waals surface area (Å²) in [6.07, 6.45) is 2.70. The summed E-state index contributed by atoms with van der Waals surface area (Å²) in [6, 6.07) is 5.79. The fourth-order valence-corrected chi connectivity index (χ4v) is 2.75. The smallest absolute Gasteiger partial charge is 0.268 e. The van der Waals surface area contributed by atoms with Crippen LogP contribution in [0.3, 0.4) is 0 Å². The first kappa shape index (κ1) is 20.0. The first-order chi connectivity index (χ1) is 13.5. The van der Waals surface area contributed by atoms with Crippen molar-refractivity contribution in [2.75, 3.05) is 22.5 Å². The van der Waals surface area contributed by atoms with E-state index < -0.39 is 6.43 Å². The Bertz CT molecular complexity index is 826. The Morgan fingerprint density at radius 3 is 2.68 bits per heavy atom. The molecule has 2 aromatic rings. The highest BCUT2D eigenvalue weighted by Crippen LogP contribution is 2.32. The van der Waals surface area contributed by atoms with Crippen molar-refractivity contribution >= 4 is 36.1 Å². The number of nitrogens with zero attached hydrogens (tertiary/aromatic N) is 2. The summed E-state index contributed by atoms with van der Waals surface area (Å²) in [4.78, 5) is 8.29. The zero-order valence-electron chi connectivity index (χ0n) is 16.1. The molecule has 0 radical (unpaired) electrons. The van der Waals surface area contributed by atoms with Crippen LogP contribution in [0.25, 0.3) is 0 Å². The van der Waals surface area contributed by atoms with Gasteiger partial charge in [0.05, 0.1) is 11.3 Å². The van der Waals surface area contributed by atoms with Crippen LogP contribution in [0.2, 0.25) is 20.0 Å². The van der Waals surface area contributed by atoms with E-state index in [4.69, 9.17) is 5.41 Å². The summed E-state index contributed by atoms with van der Waals surface area (Å²) in [5.74, 6) is 0.382. The number of benzene rings is 1. The van der Waals surface area contributed by atoms with Crippen molar-refractivity contribution < 1.29 is 8.78 Å². The van der Waals surface area contributed by atoms with Gasteiger partial charge in [0.25, 0.3) is 6.43 Å². The van der Waals surface area contributed by atoms with Crippen LogP contribution in [-0.2, 0) is 0 Å². The van der Waals surface area contributed by atoms with E-state index in [9.17, 15) is 8.78 Å². The Hall–Kier alpha value is -2.71. The zero-order valence-corrected chi connectivity index (χ0v) is 16.1. The van der Waals surface area contributed by atoms with E-state index in [1.807, 2.05) is 18.2 Å². The van der Waals surface area contributed by atoms with E-state index >= 15 is 0 Å². The summed E-state index contributed by atoms with van der Waals surface area (Å²) in [7, 11) is 0. The van der Waals surface area contributed by atoms with E-state index in [2.05, 4.69) is 39.6 Å². The fraction of sp³-hybridized carbons (Fsp3) is 0.421. The standard InChI is InChI=1S/C19H25BF2N6/c1-20(2)8-9-24-15-4-3-5-16(13(15)10-23)27-19-25-11-14(17(21)22)18(28-19)26-12-6-7-12/h3-5,10-12,17,23-24H,6-9H2,1-2H3,(H2,25,26,27,28). The van der Waals surface area contributed by atoms with E-state index in [1.165, 1.54) is 6.21 Å². The monoisotopic (exact) mass is 386 g/mol. The third kappa shape index (κ3) is 5.18. The predicted molar refractivity (Wildman–Crippen MR) is 112 cm³/mol. The topological polar surface area (TPSA) is 85.7 Å². The second-order valence-electron chi connectivity index (χ2n) is 7.36. The van der Waals surface area contributed by atoms with Gasteiger partial charge in [-0.25, -0.2) is 13.8 Å². The van der Waals surface area contributed by atoms with Crippen LogP contribution in [-0.4, -0.2) is 35.5 Å². The highest BCUT2D eigenvalue weighted by Gasteiger charge is 2.25. The fourth-order valence-electron chi connectivity index (χ4n) is 2.75. The zero-order chi connectivity index (χ0) is 20.1. The molecular weight excluding hydrogens is 361 g/mol. The Morgan fingerprint density at radius 1 is 1.29 bits per heavy atom. The van der Waals surface area contributed by atoms with Crippen molar-refractivity contribution in [1.82, 2.24) is 9.97 Å². The molecule has 0 bridgehead atoms. The Balaban J connectivity index is 1.81. The molecule has 1 fully saturated rings. The van der Waals surface area contributed by atoms with Crippen LogP contribution in [0.1, 0.15) is 30.4 Å². The van der Waals surface area contributed by atoms with E-state index in [-0.39, 0.29) is 23.4 Å². The summed E-state index contributed by atoms with van der Waals surface area (Å²) in [6.45, 7) is 5.70. The number of hydrogen-bond acceptors (Lipinski definition) is 6. The lowest BCUT2D eigenvalue weighted by atomic mass is 9.52. The molecule has 0 atom stereocenters. The minimum atomic E-state index is -2.64. The Morgan fingerprint density at radius 2 is 2.04 bits per heavy atom. The van der Waals surface area contributed by atoms with Gasteiger partial charge in [-0.1, -0.05) is 26.0 Å². The lowest BCUT2D eigenvalue weighted by Crippen LogP contribution is -2.12. The molecule has 148 valence electrons. The maximum absolute atomic E-state index is 13.2. The van der Waals surface area contributed by atoms with Gasteiger partial charge in [0.1, 0.15) is 12.5 Å². The molecular formula is C19H25BF2N6. The molecule has 0 amide bonds. The first-order valence-electron chi connectivity index (χ1n) is 9.54. The molecule has 3 rings (SSSR count). The average Bonchev–Trinajstić information content (AvgIpc) is 3.45. The lowest BCUT2D eigenvalue weighted by Gasteiger charge is -2.16. The van der Waals surface area contributed by atoms with Gasteiger partial charge >= 0.3 is 0 Å². The third-order valence-corrected chi connectivity index (χ3v) is 4.50. The second kappa shape index (κ2) is 8.99. The van der Waals surface area contributed by atoms with Crippen LogP contribution < -0.4 is 16.0 Å². The summed E-state index contributed by atoms with van der Waals surface area (Å²) in [5, 5.41) is 17.2. The maximum atomic E-state index is 13.2. The molecule has 6 nitrogen and oxygen atoms in total. The summed E-state index contributed by atoms with van der Waals surface area (Å²) in [5.41, 5.74) is 1.95. The van der Waals surface area contributed by atoms with Crippen LogP contribution in [0.5, 0.6) is 0 Å². The van der Waals surface area contributed by atoms with E-state index in [0.717, 1.165) is 37.6 Å². The number of nitrogens with one attached hydrogen (secondary N) is 4. The summed E-state index contributed by atoms with van der Waals surface area (Å²) >= 11 is 0. The molecule has 0 spiro atoms. The predicted octanol–water partition coefficient (Wildman–Crippen LogP) is 4.90. The molecule has 0 saturated heterocycles. The molecule has 28 heavy (non-hydrogen) atoms. The van der Waals surface area contributed by atoms with Gasteiger partial charge in [0.15, 0.2) is 0 Å². The minimum absolute atomic E-state index is 0.164. The van der Waals surface area contributed by atoms with Gasteiger partial charge in [-0.15, -0.1) is 0 Å². The normalized spacial score (nSPS) is 13.3. The SMILES string of the molecule is CB(C)CCNc1cccc(Nc2ncc(C(F)F)c(NC3CC3)n2)c1C=N. The maximum Gasteiger partial charge on any atom is 0.268 e. The van der Waals surface area contributed by atoms with Crippen molar-refractivity contribution in [3.8, 4) is 0 Å². The molecule has 1 aliphatic carbocycles. The van der Waals surface area contributed by atoms with Crippen molar-refractivity contribution in [3.63, 3.8) is 0 Å². The average molecular weight is 386 g/mol. The van der Waals surface area contributed by atoms with Gasteiger partial charge in [0, 0.05) is 36.2 Å². The molecule has 0 unspecified atom stereocenters. The van der Waals surface area contributed by atoms with Crippen LogP contribution in [0.15, 0.2) is 24.4 Å². The number of anilines is 4. The summed E-state index contributed by atoms with van der Waals surface area (Å²) < 4.78 is 26.5. The minimum Gasteiger partial charge on any atom is -0.385 e. The van der Waals surface area contributed by atoms with Crippen molar-refractivity contribution in [2.24, 2.45) is 0 Å². The van der Waals surface area contributed by atoms with Crippen molar-refractivity contribution in [1.29, 1.82) is 5.41 Å². The number of hydrogen-bond donors (Lipinski definition) is 4. The second-order valence-corrected chi connectivity index (χ2v) is 7.36. The number of rotatable bonds is 10. The molecule has 1 aliphatic rings. The van der Waals surface area contributed by atoms with Gasteiger partial charge in [0.2, 0.25) is 5.95 Å². The van der Waals surface area contributed by atoms with Gasteiger partial charge < -0.3 is 21.4 Å². The Labute approximate surface area is 164 Å². The molecule has 9 heteroatoms. The Kier molecular flexibility index (Phi) is 6.43. The highest BCUT2D eigenvalue weighted by molar-refractivity contribution is 6.55. The van der Waals surface area contributed by atoms with Crippen molar-refractivity contribution in [3.05, 3.63) is 35.5 Å². The van der Waals surface area contributed by atoms with Crippen LogP contribution >= 0.6 is 0 Å². The molecule has 1 saturated carbocycles. The first-order valence-corrected chi connectivity index (χ1v) is 9.54.